The fourth-order valence-electron chi connectivity index (χ4n) is 2.24. The minimum Gasteiger partial charge on any atom is -0.457 e. The molecule has 2 aromatic rings. The van der Waals surface area contributed by atoms with Crippen LogP contribution in [0.5, 0.6) is 0 Å². The molecule has 1 N–H and O–H groups in total. The highest BCUT2D eigenvalue weighted by Gasteiger charge is 2.18. The summed E-state index contributed by atoms with van der Waals surface area (Å²) in [6.07, 6.45) is 3.58. The van der Waals surface area contributed by atoms with Gasteiger partial charge in [-0.15, -0.1) is 0 Å². The van der Waals surface area contributed by atoms with Gasteiger partial charge in [0.05, 0.1) is 12.0 Å². The average molecular weight is 326 g/mol. The molecule has 0 saturated carbocycles. The van der Waals surface area contributed by atoms with Crippen LogP contribution in [-0.4, -0.2) is 16.3 Å². The van der Waals surface area contributed by atoms with Crippen molar-refractivity contribution in [3.63, 3.8) is 0 Å². The molecular weight excluding hydrogens is 306 g/mol. The Morgan fingerprint density at radius 2 is 2.26 bits per heavy atom. The van der Waals surface area contributed by atoms with E-state index in [0.29, 0.717) is 0 Å². The van der Waals surface area contributed by atoms with Gasteiger partial charge in [-0.25, -0.2) is 0 Å². The summed E-state index contributed by atoms with van der Waals surface area (Å²) in [4.78, 5) is 0. The molecule has 4 nitrogen and oxygen atoms in total. The summed E-state index contributed by atoms with van der Waals surface area (Å²) in [6, 6.07) is 4.42. The van der Waals surface area contributed by atoms with Crippen molar-refractivity contribution in [2.45, 2.75) is 32.7 Å². The van der Waals surface area contributed by atoms with Gasteiger partial charge < -0.3 is 9.73 Å². The zero-order valence-corrected chi connectivity index (χ0v) is 13.2. The molecule has 0 aliphatic carbocycles. The first-order valence-corrected chi connectivity index (χ1v) is 7.43. The van der Waals surface area contributed by atoms with Crippen LogP contribution in [-0.2, 0) is 19.9 Å². The van der Waals surface area contributed by atoms with Crippen molar-refractivity contribution in [1.82, 2.24) is 15.1 Å². The van der Waals surface area contributed by atoms with Gasteiger partial charge in [-0.3, -0.25) is 4.68 Å². The zero-order chi connectivity index (χ0) is 13.8. The number of rotatable bonds is 6. The van der Waals surface area contributed by atoms with E-state index < -0.39 is 0 Å². The fraction of sp³-hybridized carbons (Fsp3) is 0.500. The third-order valence-corrected chi connectivity index (χ3v) is 3.92. The number of nitrogens with one attached hydrogen (secondary N) is 1. The lowest BCUT2D eigenvalue weighted by Crippen LogP contribution is -2.23. The normalized spacial score (nSPS) is 12.8. The number of halogens is 1. The summed E-state index contributed by atoms with van der Waals surface area (Å²) in [5.41, 5.74) is 3.52. The van der Waals surface area contributed by atoms with E-state index in [4.69, 9.17) is 4.42 Å². The maximum atomic E-state index is 5.34. The van der Waals surface area contributed by atoms with Crippen LogP contribution in [0.1, 0.15) is 36.8 Å². The molecule has 0 amide bonds. The van der Waals surface area contributed by atoms with Gasteiger partial charge in [0, 0.05) is 30.8 Å². The van der Waals surface area contributed by atoms with E-state index in [9.17, 15) is 0 Å². The smallest absolute Gasteiger partial charge is 0.173 e. The molecular formula is C14H20BrN3O. The monoisotopic (exact) mass is 325 g/mol. The van der Waals surface area contributed by atoms with E-state index >= 15 is 0 Å². The number of furan rings is 1. The van der Waals surface area contributed by atoms with E-state index in [0.717, 1.165) is 35.3 Å². The molecule has 2 heterocycles. The molecule has 0 spiro atoms. The van der Waals surface area contributed by atoms with Crippen LogP contribution in [0.25, 0.3) is 0 Å². The summed E-state index contributed by atoms with van der Waals surface area (Å²) < 4.78 is 8.11. The Bertz CT molecular complexity index is 533. The molecule has 104 valence electrons. The summed E-state index contributed by atoms with van der Waals surface area (Å²) in [5.74, 6) is 0. The van der Waals surface area contributed by atoms with Crippen molar-refractivity contribution in [2.75, 3.05) is 6.54 Å². The topological polar surface area (TPSA) is 43.0 Å². The number of hydrogen-bond donors (Lipinski definition) is 1. The van der Waals surface area contributed by atoms with Crippen molar-refractivity contribution >= 4 is 15.9 Å². The first-order valence-electron chi connectivity index (χ1n) is 6.63. The highest BCUT2D eigenvalue weighted by Crippen LogP contribution is 2.27. The van der Waals surface area contributed by atoms with Crippen molar-refractivity contribution in [2.24, 2.45) is 7.05 Å². The molecule has 0 aliphatic heterocycles. The third kappa shape index (κ3) is 3.28. The number of hydrogen-bond acceptors (Lipinski definition) is 3. The Labute approximate surface area is 122 Å². The van der Waals surface area contributed by atoms with Gasteiger partial charge in [0.2, 0.25) is 0 Å². The van der Waals surface area contributed by atoms with Crippen LogP contribution in [0.15, 0.2) is 27.5 Å². The number of aromatic nitrogens is 2. The summed E-state index contributed by atoms with van der Waals surface area (Å²) >= 11 is 3.46. The SMILES string of the molecule is CCNC(Cc1cc(CC)nn1C)c1ccoc1Br. The number of aryl methyl sites for hydroxylation is 2. The molecule has 0 aromatic carbocycles. The number of likely N-dealkylation sites (N-methyl/N-ethyl adjacent to an activating group) is 1. The van der Waals surface area contributed by atoms with Crippen molar-refractivity contribution in [3.05, 3.63) is 40.0 Å². The predicted molar refractivity (Wildman–Crippen MR) is 79.1 cm³/mol. The molecule has 0 aliphatic rings. The van der Waals surface area contributed by atoms with E-state index in [-0.39, 0.29) is 6.04 Å². The molecule has 0 fully saturated rings. The van der Waals surface area contributed by atoms with Crippen molar-refractivity contribution in [3.8, 4) is 0 Å². The van der Waals surface area contributed by atoms with Gasteiger partial charge in [0.1, 0.15) is 0 Å². The summed E-state index contributed by atoms with van der Waals surface area (Å²) in [5, 5.41) is 8.00. The van der Waals surface area contributed by atoms with Crippen molar-refractivity contribution < 1.29 is 4.42 Å². The summed E-state index contributed by atoms with van der Waals surface area (Å²) in [6.45, 7) is 5.16. The second-order valence-corrected chi connectivity index (χ2v) is 5.29. The van der Waals surface area contributed by atoms with Crippen LogP contribution < -0.4 is 5.32 Å². The molecule has 0 radical (unpaired) electrons. The fourth-order valence-corrected chi connectivity index (χ4v) is 2.75. The first kappa shape index (κ1) is 14.3. The Kier molecular flexibility index (Phi) is 4.82. The average Bonchev–Trinajstić information content (AvgIpc) is 2.96. The Morgan fingerprint density at radius 3 is 2.79 bits per heavy atom. The standard InChI is InChI=1S/C14H20BrN3O/c1-4-10-8-11(18(3)17-10)9-13(16-5-2)12-6-7-19-14(12)15/h6-8,13,16H,4-5,9H2,1-3H3. The largest absolute Gasteiger partial charge is 0.457 e. The van der Waals surface area contributed by atoms with Gasteiger partial charge in [-0.05, 0) is 41.0 Å². The molecule has 1 atom stereocenters. The van der Waals surface area contributed by atoms with Crippen LogP contribution in [0, 0.1) is 0 Å². The number of nitrogens with zero attached hydrogens (tertiary/aromatic N) is 2. The third-order valence-electron chi connectivity index (χ3n) is 3.27. The minimum absolute atomic E-state index is 0.234. The Hall–Kier alpha value is -1.07. The highest BCUT2D eigenvalue weighted by molar-refractivity contribution is 9.10. The maximum Gasteiger partial charge on any atom is 0.173 e. The van der Waals surface area contributed by atoms with E-state index in [2.05, 4.69) is 46.3 Å². The lowest BCUT2D eigenvalue weighted by molar-refractivity contribution is 0.498. The van der Waals surface area contributed by atoms with Crippen molar-refractivity contribution in [1.29, 1.82) is 0 Å². The minimum atomic E-state index is 0.234. The lowest BCUT2D eigenvalue weighted by Gasteiger charge is -2.17. The summed E-state index contributed by atoms with van der Waals surface area (Å²) in [7, 11) is 2.00. The van der Waals surface area contributed by atoms with Gasteiger partial charge >= 0.3 is 0 Å². The predicted octanol–water partition coefficient (Wildman–Crippen LogP) is 3.23. The molecule has 1 unspecified atom stereocenters. The zero-order valence-electron chi connectivity index (χ0n) is 11.6. The Morgan fingerprint density at radius 1 is 1.47 bits per heavy atom. The molecule has 0 bridgehead atoms. The van der Waals surface area contributed by atoms with Gasteiger partial charge in [-0.1, -0.05) is 13.8 Å². The van der Waals surface area contributed by atoms with Crippen LogP contribution in [0.3, 0.4) is 0 Å². The molecule has 5 heteroatoms. The van der Waals surface area contributed by atoms with E-state index in [1.54, 1.807) is 6.26 Å². The Balaban J connectivity index is 2.21. The molecule has 2 aromatic heterocycles. The highest BCUT2D eigenvalue weighted by atomic mass is 79.9. The van der Waals surface area contributed by atoms with Gasteiger partial charge in [0.25, 0.3) is 0 Å². The second-order valence-electron chi connectivity index (χ2n) is 4.57. The molecule has 19 heavy (non-hydrogen) atoms. The lowest BCUT2D eigenvalue weighted by atomic mass is 10.0. The second kappa shape index (κ2) is 6.39. The van der Waals surface area contributed by atoms with Gasteiger partial charge in [0.15, 0.2) is 4.67 Å². The first-order chi connectivity index (χ1) is 9.15. The molecule has 0 saturated heterocycles. The van der Waals surface area contributed by atoms with Crippen LogP contribution in [0.2, 0.25) is 0 Å². The quantitative estimate of drug-likeness (QED) is 0.886. The molecule has 2 rings (SSSR count). The van der Waals surface area contributed by atoms with E-state index in [1.807, 2.05) is 17.8 Å². The van der Waals surface area contributed by atoms with Gasteiger partial charge in [-0.2, -0.15) is 5.10 Å². The maximum absolute atomic E-state index is 5.34. The van der Waals surface area contributed by atoms with E-state index in [1.165, 1.54) is 5.69 Å². The van der Waals surface area contributed by atoms with Crippen LogP contribution in [0.4, 0.5) is 0 Å². The van der Waals surface area contributed by atoms with Crippen LogP contribution >= 0.6 is 15.9 Å².